The zero-order valence-electron chi connectivity index (χ0n) is 8.73. The second-order valence-corrected chi connectivity index (χ2v) is 4.36. The van der Waals surface area contributed by atoms with Crippen LogP contribution in [0.25, 0.3) is 11.6 Å². The van der Waals surface area contributed by atoms with Crippen molar-refractivity contribution in [2.75, 3.05) is 0 Å². The average Bonchev–Trinajstić information content (AvgIpc) is 3.02. The van der Waals surface area contributed by atoms with Crippen molar-refractivity contribution in [1.82, 2.24) is 24.1 Å². The summed E-state index contributed by atoms with van der Waals surface area (Å²) in [7, 11) is 0. The molecule has 3 rings (SSSR count). The highest BCUT2D eigenvalue weighted by atomic mass is 79.9. The third kappa shape index (κ3) is 1.99. The molecule has 0 saturated heterocycles. The molecule has 84 valence electrons. The molecule has 6 heteroatoms. The van der Waals surface area contributed by atoms with Crippen LogP contribution in [-0.4, -0.2) is 24.1 Å². The number of hydrogen-bond acceptors (Lipinski definition) is 3. The van der Waals surface area contributed by atoms with Crippen LogP contribution in [-0.2, 0) is 0 Å². The molecule has 5 nitrogen and oxygen atoms in total. The summed E-state index contributed by atoms with van der Waals surface area (Å²) in [5.74, 6) is 1.61. The number of rotatable bonds is 2. The molecule has 0 N–H and O–H groups in total. The Morgan fingerprint density at radius 3 is 1.82 bits per heavy atom. The van der Waals surface area contributed by atoms with Gasteiger partial charge in [0.25, 0.3) is 0 Å². The summed E-state index contributed by atoms with van der Waals surface area (Å²) in [6.45, 7) is 0. The van der Waals surface area contributed by atoms with Crippen LogP contribution in [0.5, 0.6) is 0 Å². The van der Waals surface area contributed by atoms with Crippen molar-refractivity contribution in [3.05, 3.63) is 54.0 Å². The predicted molar refractivity (Wildman–Crippen MR) is 66.2 cm³/mol. The second-order valence-electron chi connectivity index (χ2n) is 3.44. The largest absolute Gasteiger partial charge is 0.290 e. The highest BCUT2D eigenvalue weighted by Crippen LogP contribution is 2.17. The lowest BCUT2D eigenvalue weighted by Gasteiger charge is -2.06. The Morgan fingerprint density at radius 2 is 1.41 bits per heavy atom. The van der Waals surface area contributed by atoms with Crippen LogP contribution in [0.4, 0.5) is 0 Å². The minimum atomic E-state index is 0.806. The molecule has 3 aromatic heterocycles. The van der Waals surface area contributed by atoms with Gasteiger partial charge in [0.2, 0.25) is 0 Å². The first-order chi connectivity index (χ1) is 8.33. The highest BCUT2D eigenvalue weighted by molar-refractivity contribution is 9.10. The number of halogens is 1. The van der Waals surface area contributed by atoms with Crippen molar-refractivity contribution >= 4 is 15.9 Å². The van der Waals surface area contributed by atoms with Gasteiger partial charge in [0.15, 0.2) is 0 Å². The Morgan fingerprint density at radius 1 is 0.882 bits per heavy atom. The molecule has 0 aliphatic heterocycles. The summed E-state index contributed by atoms with van der Waals surface area (Å²) in [6.07, 6.45) is 10.6. The molecule has 0 atom stereocenters. The van der Waals surface area contributed by atoms with Gasteiger partial charge in [0.05, 0.1) is 0 Å². The molecule has 3 heterocycles. The van der Waals surface area contributed by atoms with E-state index in [0.717, 1.165) is 16.1 Å². The standard InChI is InChI=1S/C11H8BrN5/c12-9-5-10(16-3-1-13-7-16)15-11(6-9)17-4-2-14-8-17/h1-8H. The lowest BCUT2D eigenvalue weighted by atomic mass is 10.4. The predicted octanol–water partition coefficient (Wildman–Crippen LogP) is 2.22. The zero-order valence-corrected chi connectivity index (χ0v) is 10.3. The molecule has 0 fully saturated rings. The third-order valence-electron chi connectivity index (χ3n) is 2.30. The monoisotopic (exact) mass is 289 g/mol. The van der Waals surface area contributed by atoms with Gasteiger partial charge in [-0.05, 0) is 12.1 Å². The van der Waals surface area contributed by atoms with E-state index in [2.05, 4.69) is 30.9 Å². The molecular formula is C11H8BrN5. The van der Waals surface area contributed by atoms with Crippen LogP contribution in [0.15, 0.2) is 54.0 Å². The number of pyridine rings is 1. The fourth-order valence-electron chi connectivity index (χ4n) is 1.52. The molecule has 0 aliphatic carbocycles. The van der Waals surface area contributed by atoms with Gasteiger partial charge in [-0.15, -0.1) is 0 Å². The highest BCUT2D eigenvalue weighted by Gasteiger charge is 2.04. The topological polar surface area (TPSA) is 48.5 Å². The lowest BCUT2D eigenvalue weighted by Crippen LogP contribution is -2.00. The summed E-state index contributed by atoms with van der Waals surface area (Å²) in [5, 5.41) is 0. The van der Waals surface area contributed by atoms with E-state index in [1.54, 1.807) is 25.0 Å². The van der Waals surface area contributed by atoms with Crippen LogP contribution in [0, 0.1) is 0 Å². The normalized spacial score (nSPS) is 10.6. The first-order valence-electron chi connectivity index (χ1n) is 4.97. The molecule has 0 amide bonds. The molecule has 0 aliphatic rings. The van der Waals surface area contributed by atoms with Gasteiger partial charge in [-0.2, -0.15) is 0 Å². The molecule has 0 spiro atoms. The Labute approximate surface area is 106 Å². The molecule has 0 saturated carbocycles. The number of aromatic nitrogens is 5. The first kappa shape index (κ1) is 10.2. The van der Waals surface area contributed by atoms with Crippen molar-refractivity contribution in [2.24, 2.45) is 0 Å². The van der Waals surface area contributed by atoms with Crippen LogP contribution in [0.3, 0.4) is 0 Å². The Kier molecular flexibility index (Phi) is 2.49. The van der Waals surface area contributed by atoms with E-state index in [-0.39, 0.29) is 0 Å². The minimum absolute atomic E-state index is 0.806. The Bertz CT molecular complexity index is 563. The number of nitrogens with zero attached hydrogens (tertiary/aromatic N) is 5. The summed E-state index contributed by atoms with van der Waals surface area (Å²) in [4.78, 5) is 12.6. The molecule has 0 bridgehead atoms. The van der Waals surface area contributed by atoms with E-state index in [9.17, 15) is 0 Å². The van der Waals surface area contributed by atoms with Gasteiger partial charge in [-0.3, -0.25) is 9.13 Å². The number of imidazole rings is 2. The quantitative estimate of drug-likeness (QED) is 0.727. The first-order valence-corrected chi connectivity index (χ1v) is 5.76. The van der Waals surface area contributed by atoms with Gasteiger partial charge in [-0.1, -0.05) is 15.9 Å². The molecule has 0 aromatic carbocycles. The molecular weight excluding hydrogens is 282 g/mol. The molecule has 0 radical (unpaired) electrons. The van der Waals surface area contributed by atoms with Gasteiger partial charge in [0.1, 0.15) is 24.3 Å². The number of hydrogen-bond donors (Lipinski definition) is 0. The van der Waals surface area contributed by atoms with Crippen molar-refractivity contribution in [3.8, 4) is 11.6 Å². The lowest BCUT2D eigenvalue weighted by molar-refractivity contribution is 0.931. The second kappa shape index (κ2) is 4.14. The molecule has 3 aromatic rings. The van der Waals surface area contributed by atoms with Crippen molar-refractivity contribution < 1.29 is 0 Å². The van der Waals surface area contributed by atoms with E-state index in [1.807, 2.05) is 33.7 Å². The van der Waals surface area contributed by atoms with Crippen molar-refractivity contribution in [3.63, 3.8) is 0 Å². The van der Waals surface area contributed by atoms with Gasteiger partial charge in [0, 0.05) is 29.3 Å². The summed E-state index contributed by atoms with van der Waals surface area (Å²) in [5.41, 5.74) is 0. The maximum atomic E-state index is 4.53. The average molecular weight is 290 g/mol. The zero-order chi connectivity index (χ0) is 11.7. The van der Waals surface area contributed by atoms with E-state index < -0.39 is 0 Å². The summed E-state index contributed by atoms with van der Waals surface area (Å²) < 4.78 is 4.66. The fourth-order valence-corrected chi connectivity index (χ4v) is 1.93. The summed E-state index contributed by atoms with van der Waals surface area (Å²) in [6, 6.07) is 3.87. The Balaban J connectivity index is 2.13. The van der Waals surface area contributed by atoms with E-state index in [1.165, 1.54) is 0 Å². The SMILES string of the molecule is Brc1cc(-n2ccnc2)nc(-n2ccnc2)c1. The Hall–Kier alpha value is -1.95. The maximum Gasteiger partial charge on any atom is 0.141 e. The fraction of sp³-hybridized carbons (Fsp3) is 0. The minimum Gasteiger partial charge on any atom is -0.290 e. The summed E-state index contributed by atoms with van der Waals surface area (Å²) >= 11 is 3.48. The van der Waals surface area contributed by atoms with E-state index in [0.29, 0.717) is 0 Å². The van der Waals surface area contributed by atoms with Gasteiger partial charge >= 0.3 is 0 Å². The van der Waals surface area contributed by atoms with Crippen molar-refractivity contribution in [1.29, 1.82) is 0 Å². The maximum absolute atomic E-state index is 4.53. The van der Waals surface area contributed by atoms with Crippen LogP contribution >= 0.6 is 15.9 Å². The third-order valence-corrected chi connectivity index (χ3v) is 2.76. The smallest absolute Gasteiger partial charge is 0.141 e. The van der Waals surface area contributed by atoms with Crippen LogP contribution in [0.2, 0.25) is 0 Å². The van der Waals surface area contributed by atoms with E-state index >= 15 is 0 Å². The molecule has 17 heavy (non-hydrogen) atoms. The van der Waals surface area contributed by atoms with E-state index in [4.69, 9.17) is 0 Å². The van der Waals surface area contributed by atoms with Gasteiger partial charge < -0.3 is 0 Å². The van der Waals surface area contributed by atoms with Gasteiger partial charge in [-0.25, -0.2) is 15.0 Å². The molecule has 0 unspecified atom stereocenters. The van der Waals surface area contributed by atoms with Crippen molar-refractivity contribution in [2.45, 2.75) is 0 Å². The van der Waals surface area contributed by atoms with Crippen LogP contribution in [0.1, 0.15) is 0 Å². The van der Waals surface area contributed by atoms with Crippen LogP contribution < -0.4 is 0 Å².